The van der Waals surface area contributed by atoms with E-state index in [0.29, 0.717) is 25.7 Å². The molecular weight excluding hydrogens is 418 g/mol. The molecule has 0 aromatic carbocycles. The molecule has 1 fully saturated rings. The number of esters is 1. The zero-order valence-corrected chi connectivity index (χ0v) is 14.9. The summed E-state index contributed by atoms with van der Waals surface area (Å²) in [6, 6.07) is 0. The highest BCUT2D eigenvalue weighted by molar-refractivity contribution is 8.13. The Labute approximate surface area is 145 Å². The molecular formula is C12H15F6O6S2-. The van der Waals surface area contributed by atoms with Crippen molar-refractivity contribution >= 4 is 25.6 Å². The molecule has 0 N–H and O–H groups in total. The summed E-state index contributed by atoms with van der Waals surface area (Å²) in [5.74, 6) is -1.54. The molecule has 0 aliphatic heterocycles. The molecule has 0 saturated heterocycles. The van der Waals surface area contributed by atoms with Gasteiger partial charge in [0.05, 0.1) is 12.0 Å². The van der Waals surface area contributed by atoms with E-state index in [-0.39, 0.29) is 0 Å². The number of carbonyl (C=O) groups is 1. The van der Waals surface area contributed by atoms with Crippen molar-refractivity contribution in [2.75, 3.05) is 0 Å². The minimum Gasteiger partial charge on any atom is -0.465 e. The summed E-state index contributed by atoms with van der Waals surface area (Å²) in [6.45, 7) is 0.810. The Bertz CT molecular complexity index is 674. The second-order valence-corrected chi connectivity index (χ2v) is 9.89. The molecule has 14 heteroatoms. The first-order valence-electron chi connectivity index (χ1n) is 7.21. The zero-order valence-electron chi connectivity index (χ0n) is 13.2. The van der Waals surface area contributed by atoms with Crippen LogP contribution in [0.15, 0.2) is 0 Å². The maximum absolute atomic E-state index is 12.6. The van der Waals surface area contributed by atoms with Gasteiger partial charge < -0.3 is 4.74 Å². The standard InChI is InChI=1S/C12H15F6O6S2/c1-7(24-10(19)8-4-2-3-5-8)6-9(25(20,21)11(13,14)15)26(22,23)12(16,17)18/h7-8H,2-6H2,1H3/q-1. The number of hydrogen-bond acceptors (Lipinski definition) is 6. The Morgan fingerprint density at radius 1 is 1.00 bits per heavy atom. The summed E-state index contributed by atoms with van der Waals surface area (Å²) in [6.07, 6.45) is -1.44. The number of rotatable bonds is 6. The fraction of sp³-hybridized carbons (Fsp3) is 0.833. The van der Waals surface area contributed by atoms with Crippen molar-refractivity contribution < 1.29 is 52.7 Å². The van der Waals surface area contributed by atoms with Crippen LogP contribution in [0.2, 0.25) is 0 Å². The molecule has 0 amide bonds. The number of alkyl halides is 6. The Kier molecular flexibility index (Phi) is 6.65. The molecule has 1 saturated carbocycles. The van der Waals surface area contributed by atoms with Gasteiger partial charge in [0.15, 0.2) is 0 Å². The minimum atomic E-state index is -6.81. The molecule has 1 rings (SSSR count). The van der Waals surface area contributed by atoms with Crippen molar-refractivity contribution in [3.8, 4) is 0 Å². The number of carbonyl (C=O) groups excluding carboxylic acids is 1. The number of halogens is 6. The van der Waals surface area contributed by atoms with Crippen LogP contribution in [0.25, 0.3) is 0 Å². The second kappa shape index (κ2) is 7.52. The van der Waals surface area contributed by atoms with Gasteiger partial charge in [0.1, 0.15) is 19.7 Å². The minimum absolute atomic E-state index is 0.407. The third-order valence-electron chi connectivity index (χ3n) is 3.67. The summed E-state index contributed by atoms with van der Waals surface area (Å²) in [7, 11) is -13.6. The van der Waals surface area contributed by atoms with Crippen LogP contribution in [0.5, 0.6) is 0 Å². The van der Waals surface area contributed by atoms with Crippen molar-refractivity contribution in [3.63, 3.8) is 0 Å². The number of hydrogen-bond donors (Lipinski definition) is 0. The molecule has 0 radical (unpaired) electrons. The lowest BCUT2D eigenvalue weighted by molar-refractivity contribution is -0.152. The van der Waals surface area contributed by atoms with E-state index in [2.05, 4.69) is 4.74 Å². The molecule has 1 atom stereocenters. The van der Waals surface area contributed by atoms with E-state index in [4.69, 9.17) is 0 Å². The molecule has 0 aromatic heterocycles. The predicted molar refractivity (Wildman–Crippen MR) is 75.3 cm³/mol. The first-order chi connectivity index (χ1) is 11.5. The fourth-order valence-electron chi connectivity index (χ4n) is 2.35. The van der Waals surface area contributed by atoms with Crippen LogP contribution in [0.1, 0.15) is 39.0 Å². The molecule has 1 unspecified atom stereocenters. The van der Waals surface area contributed by atoms with Gasteiger partial charge in [-0.2, -0.15) is 26.3 Å². The molecule has 0 bridgehead atoms. The zero-order chi connectivity index (χ0) is 20.6. The lowest BCUT2D eigenvalue weighted by Gasteiger charge is -2.33. The smallest absolute Gasteiger partial charge is 0.465 e. The van der Waals surface area contributed by atoms with Crippen molar-refractivity contribution in [2.24, 2.45) is 5.92 Å². The van der Waals surface area contributed by atoms with Crippen molar-refractivity contribution in [3.05, 3.63) is 4.58 Å². The van der Waals surface area contributed by atoms with Crippen LogP contribution in [0, 0.1) is 10.5 Å². The summed E-state index contributed by atoms with van der Waals surface area (Å²) >= 11 is 0. The second-order valence-electron chi connectivity index (χ2n) is 5.70. The largest absolute Gasteiger partial charge is 0.469 e. The molecule has 1 aliphatic rings. The molecule has 0 spiro atoms. The van der Waals surface area contributed by atoms with Crippen LogP contribution >= 0.6 is 0 Å². The van der Waals surface area contributed by atoms with Crippen molar-refractivity contribution in [2.45, 2.75) is 56.1 Å². The molecule has 26 heavy (non-hydrogen) atoms. The van der Waals surface area contributed by atoms with E-state index in [1.807, 2.05) is 0 Å². The fourth-order valence-corrected chi connectivity index (χ4v) is 5.50. The summed E-state index contributed by atoms with van der Waals surface area (Å²) in [5, 5.41) is 0. The van der Waals surface area contributed by atoms with Gasteiger partial charge in [-0.3, -0.25) is 21.6 Å². The van der Waals surface area contributed by atoms with E-state index in [1.165, 1.54) is 0 Å². The number of ether oxygens (including phenoxy) is 1. The highest BCUT2D eigenvalue weighted by Gasteiger charge is 2.54. The Balaban J connectivity index is 3.12. The first kappa shape index (κ1) is 23.0. The monoisotopic (exact) mass is 433 g/mol. The highest BCUT2D eigenvalue weighted by atomic mass is 32.3. The molecule has 0 aromatic rings. The highest BCUT2D eigenvalue weighted by Crippen LogP contribution is 2.43. The third-order valence-corrected chi connectivity index (χ3v) is 7.74. The Morgan fingerprint density at radius 2 is 1.38 bits per heavy atom. The van der Waals surface area contributed by atoms with Crippen LogP contribution in [0.4, 0.5) is 26.3 Å². The van der Waals surface area contributed by atoms with Gasteiger partial charge in [0.25, 0.3) is 0 Å². The van der Waals surface area contributed by atoms with Crippen LogP contribution in [-0.4, -0.2) is 39.9 Å². The molecule has 6 nitrogen and oxygen atoms in total. The quantitative estimate of drug-likeness (QED) is 0.363. The van der Waals surface area contributed by atoms with Crippen LogP contribution in [0.3, 0.4) is 0 Å². The summed E-state index contributed by atoms with van der Waals surface area (Å²) in [5.41, 5.74) is -12.5. The van der Waals surface area contributed by atoms with Crippen molar-refractivity contribution in [1.82, 2.24) is 0 Å². The van der Waals surface area contributed by atoms with Gasteiger partial charge in [-0.15, -0.1) is 6.42 Å². The normalized spacial score (nSPS) is 18.9. The molecule has 154 valence electrons. The average molecular weight is 433 g/mol. The topological polar surface area (TPSA) is 94.6 Å². The van der Waals surface area contributed by atoms with Gasteiger partial charge >= 0.3 is 17.0 Å². The number of sulfone groups is 2. The van der Waals surface area contributed by atoms with Crippen LogP contribution < -0.4 is 0 Å². The van der Waals surface area contributed by atoms with E-state index < -0.39 is 59.7 Å². The predicted octanol–water partition coefficient (Wildman–Crippen LogP) is 2.86. The van der Waals surface area contributed by atoms with Crippen molar-refractivity contribution in [1.29, 1.82) is 0 Å². The maximum atomic E-state index is 12.6. The SMILES string of the molecule is CC(C[C-](S(=O)(=O)C(F)(F)F)S(=O)(=O)C(F)(F)F)OC(=O)C1CCCC1. The van der Waals surface area contributed by atoms with Crippen LogP contribution in [-0.2, 0) is 29.2 Å². The summed E-state index contributed by atoms with van der Waals surface area (Å²) in [4.78, 5) is 11.8. The van der Waals surface area contributed by atoms with E-state index in [0.717, 1.165) is 6.92 Å². The third kappa shape index (κ3) is 4.81. The lowest BCUT2D eigenvalue weighted by atomic mass is 10.1. The lowest BCUT2D eigenvalue weighted by Crippen LogP contribution is -2.41. The maximum Gasteiger partial charge on any atom is 0.469 e. The van der Waals surface area contributed by atoms with Gasteiger partial charge in [-0.25, -0.2) is 0 Å². The van der Waals surface area contributed by atoms with Gasteiger partial charge in [-0.1, -0.05) is 17.4 Å². The first-order valence-corrected chi connectivity index (χ1v) is 10.2. The van der Waals surface area contributed by atoms with E-state index in [9.17, 15) is 48.0 Å². The van der Waals surface area contributed by atoms with Gasteiger partial charge in [-0.05, 0) is 19.8 Å². The Morgan fingerprint density at radius 3 is 1.73 bits per heavy atom. The average Bonchev–Trinajstić information content (AvgIpc) is 2.96. The van der Waals surface area contributed by atoms with Gasteiger partial charge in [0, 0.05) is 0 Å². The summed E-state index contributed by atoms with van der Waals surface area (Å²) < 4.78 is 123. The van der Waals surface area contributed by atoms with E-state index >= 15 is 0 Å². The Hall–Kier alpha value is -1.05. The molecule has 0 heterocycles. The molecule has 1 aliphatic carbocycles. The van der Waals surface area contributed by atoms with E-state index in [1.54, 1.807) is 0 Å². The van der Waals surface area contributed by atoms with Gasteiger partial charge in [0.2, 0.25) is 0 Å².